The first kappa shape index (κ1) is 12.2. The highest BCUT2D eigenvalue weighted by Crippen LogP contribution is 2.31. The SMILES string of the molecule is COc1cccc(Oc2cc(Br)ccc2Cl)n1. The third-order valence-corrected chi connectivity index (χ3v) is 2.82. The molecule has 0 atom stereocenters. The third-order valence-electron chi connectivity index (χ3n) is 2.01. The number of benzene rings is 1. The normalized spacial score (nSPS) is 10.1. The molecule has 0 saturated heterocycles. The Kier molecular flexibility index (Phi) is 3.86. The molecule has 0 unspecified atom stereocenters. The van der Waals surface area contributed by atoms with Gasteiger partial charge >= 0.3 is 0 Å². The lowest BCUT2D eigenvalue weighted by Crippen LogP contribution is -1.91. The van der Waals surface area contributed by atoms with Crippen molar-refractivity contribution in [1.82, 2.24) is 4.98 Å². The minimum Gasteiger partial charge on any atom is -0.481 e. The van der Waals surface area contributed by atoms with Gasteiger partial charge in [0.05, 0.1) is 12.1 Å². The molecule has 0 spiro atoms. The smallest absolute Gasteiger partial charge is 0.222 e. The fraction of sp³-hybridized carbons (Fsp3) is 0.0833. The van der Waals surface area contributed by atoms with Crippen molar-refractivity contribution in [1.29, 1.82) is 0 Å². The number of aromatic nitrogens is 1. The number of rotatable bonds is 3. The van der Waals surface area contributed by atoms with E-state index in [1.807, 2.05) is 6.07 Å². The van der Waals surface area contributed by atoms with Crippen LogP contribution in [0.25, 0.3) is 0 Å². The molecule has 1 heterocycles. The standard InChI is InChI=1S/C12H9BrClNO2/c1-16-11-3-2-4-12(15-11)17-10-7-8(13)5-6-9(10)14/h2-7H,1H3. The molecule has 0 radical (unpaired) electrons. The van der Waals surface area contributed by atoms with Crippen LogP contribution < -0.4 is 9.47 Å². The number of nitrogens with zero attached hydrogens (tertiary/aromatic N) is 1. The molecule has 0 saturated carbocycles. The summed E-state index contributed by atoms with van der Waals surface area (Å²) in [5.41, 5.74) is 0. The molecular formula is C12H9BrClNO2. The molecule has 1 aromatic carbocycles. The van der Waals surface area contributed by atoms with E-state index in [1.54, 1.807) is 37.4 Å². The molecular weight excluding hydrogens is 305 g/mol. The van der Waals surface area contributed by atoms with E-state index < -0.39 is 0 Å². The first-order valence-electron chi connectivity index (χ1n) is 4.83. The predicted molar refractivity (Wildman–Crippen MR) is 70.0 cm³/mol. The van der Waals surface area contributed by atoms with Crippen LogP contribution in [-0.4, -0.2) is 12.1 Å². The van der Waals surface area contributed by atoms with Gasteiger partial charge in [-0.25, -0.2) is 0 Å². The zero-order chi connectivity index (χ0) is 12.3. The summed E-state index contributed by atoms with van der Waals surface area (Å²) in [7, 11) is 1.55. The Morgan fingerprint density at radius 1 is 1.18 bits per heavy atom. The second-order valence-corrected chi connectivity index (χ2v) is 4.52. The van der Waals surface area contributed by atoms with Crippen LogP contribution >= 0.6 is 27.5 Å². The Balaban J connectivity index is 2.27. The van der Waals surface area contributed by atoms with Crippen LogP contribution in [0, 0.1) is 0 Å². The molecule has 17 heavy (non-hydrogen) atoms. The summed E-state index contributed by atoms with van der Waals surface area (Å²) < 4.78 is 11.5. The summed E-state index contributed by atoms with van der Waals surface area (Å²) in [6.07, 6.45) is 0. The highest BCUT2D eigenvalue weighted by atomic mass is 79.9. The molecule has 0 N–H and O–H groups in total. The fourth-order valence-corrected chi connectivity index (χ4v) is 1.73. The van der Waals surface area contributed by atoms with Gasteiger partial charge in [0.1, 0.15) is 5.75 Å². The topological polar surface area (TPSA) is 31.4 Å². The first-order valence-corrected chi connectivity index (χ1v) is 6.00. The van der Waals surface area contributed by atoms with Crippen LogP contribution in [0.1, 0.15) is 0 Å². The van der Waals surface area contributed by atoms with Crippen LogP contribution in [0.4, 0.5) is 0 Å². The van der Waals surface area contributed by atoms with Crippen LogP contribution in [0.15, 0.2) is 40.9 Å². The maximum absolute atomic E-state index is 6.01. The summed E-state index contributed by atoms with van der Waals surface area (Å²) in [5.74, 6) is 1.47. The predicted octanol–water partition coefficient (Wildman–Crippen LogP) is 4.30. The lowest BCUT2D eigenvalue weighted by Gasteiger charge is -2.07. The monoisotopic (exact) mass is 313 g/mol. The molecule has 0 bridgehead atoms. The Labute approximate surface area is 112 Å². The van der Waals surface area contributed by atoms with E-state index in [1.165, 1.54) is 0 Å². The maximum atomic E-state index is 6.01. The molecule has 2 rings (SSSR count). The van der Waals surface area contributed by atoms with Crippen molar-refractivity contribution in [3.8, 4) is 17.5 Å². The van der Waals surface area contributed by atoms with Crippen molar-refractivity contribution in [3.05, 3.63) is 45.9 Å². The lowest BCUT2D eigenvalue weighted by atomic mass is 10.3. The summed E-state index contributed by atoms with van der Waals surface area (Å²) in [6, 6.07) is 10.7. The second-order valence-electron chi connectivity index (χ2n) is 3.19. The van der Waals surface area contributed by atoms with Crippen molar-refractivity contribution < 1.29 is 9.47 Å². The maximum Gasteiger partial charge on any atom is 0.222 e. The van der Waals surface area contributed by atoms with Crippen LogP contribution in [-0.2, 0) is 0 Å². The number of methoxy groups -OCH3 is 1. The van der Waals surface area contributed by atoms with Gasteiger partial charge in [-0.1, -0.05) is 33.6 Å². The largest absolute Gasteiger partial charge is 0.481 e. The van der Waals surface area contributed by atoms with Gasteiger partial charge in [0.25, 0.3) is 0 Å². The zero-order valence-corrected chi connectivity index (χ0v) is 11.3. The van der Waals surface area contributed by atoms with Crippen LogP contribution in [0.3, 0.4) is 0 Å². The molecule has 2 aromatic rings. The van der Waals surface area contributed by atoms with Gasteiger partial charge in [0.2, 0.25) is 11.8 Å². The first-order chi connectivity index (χ1) is 8.19. The van der Waals surface area contributed by atoms with E-state index in [9.17, 15) is 0 Å². The Morgan fingerprint density at radius 2 is 1.94 bits per heavy atom. The van der Waals surface area contributed by atoms with E-state index in [0.717, 1.165) is 4.47 Å². The van der Waals surface area contributed by atoms with E-state index >= 15 is 0 Å². The van der Waals surface area contributed by atoms with Gasteiger partial charge in [-0.05, 0) is 18.2 Å². The van der Waals surface area contributed by atoms with Gasteiger partial charge in [0.15, 0.2) is 0 Å². The van der Waals surface area contributed by atoms with Crippen molar-refractivity contribution in [3.63, 3.8) is 0 Å². The number of ether oxygens (including phenoxy) is 2. The third kappa shape index (κ3) is 3.11. The van der Waals surface area contributed by atoms with Gasteiger partial charge in [0, 0.05) is 16.6 Å². The Hall–Kier alpha value is -1.26. The molecule has 88 valence electrons. The minimum atomic E-state index is 0.435. The second kappa shape index (κ2) is 5.38. The molecule has 0 aliphatic rings. The summed E-state index contributed by atoms with van der Waals surface area (Å²) in [4.78, 5) is 4.14. The summed E-state index contributed by atoms with van der Waals surface area (Å²) in [6.45, 7) is 0. The number of halogens is 2. The molecule has 0 amide bonds. The highest BCUT2D eigenvalue weighted by Gasteiger charge is 2.05. The van der Waals surface area contributed by atoms with Gasteiger partial charge in [-0.15, -0.1) is 0 Å². The van der Waals surface area contributed by atoms with Gasteiger partial charge in [-0.3, -0.25) is 0 Å². The average molecular weight is 315 g/mol. The number of hydrogen-bond donors (Lipinski definition) is 0. The van der Waals surface area contributed by atoms with Crippen molar-refractivity contribution >= 4 is 27.5 Å². The molecule has 3 nitrogen and oxygen atoms in total. The fourth-order valence-electron chi connectivity index (χ4n) is 1.23. The molecule has 5 heteroatoms. The van der Waals surface area contributed by atoms with E-state index in [2.05, 4.69) is 20.9 Å². The van der Waals surface area contributed by atoms with E-state index in [4.69, 9.17) is 21.1 Å². The molecule has 0 fully saturated rings. The Morgan fingerprint density at radius 3 is 2.71 bits per heavy atom. The van der Waals surface area contributed by atoms with E-state index in [-0.39, 0.29) is 0 Å². The summed E-state index contributed by atoms with van der Waals surface area (Å²) in [5, 5.41) is 0.526. The Bertz CT molecular complexity index is 534. The van der Waals surface area contributed by atoms with E-state index in [0.29, 0.717) is 22.5 Å². The number of pyridine rings is 1. The molecule has 0 aliphatic carbocycles. The zero-order valence-electron chi connectivity index (χ0n) is 8.98. The quantitative estimate of drug-likeness (QED) is 0.846. The van der Waals surface area contributed by atoms with Gasteiger partial charge in [-0.2, -0.15) is 4.98 Å². The minimum absolute atomic E-state index is 0.435. The van der Waals surface area contributed by atoms with Crippen molar-refractivity contribution in [2.45, 2.75) is 0 Å². The molecule has 1 aromatic heterocycles. The van der Waals surface area contributed by atoms with Crippen LogP contribution in [0.5, 0.6) is 17.5 Å². The van der Waals surface area contributed by atoms with Crippen molar-refractivity contribution in [2.24, 2.45) is 0 Å². The summed E-state index contributed by atoms with van der Waals surface area (Å²) >= 11 is 9.37. The van der Waals surface area contributed by atoms with Crippen LogP contribution in [0.2, 0.25) is 5.02 Å². The number of hydrogen-bond acceptors (Lipinski definition) is 3. The average Bonchev–Trinajstić information content (AvgIpc) is 2.34. The van der Waals surface area contributed by atoms with Crippen molar-refractivity contribution in [2.75, 3.05) is 7.11 Å². The molecule has 0 aliphatic heterocycles. The van der Waals surface area contributed by atoms with Gasteiger partial charge < -0.3 is 9.47 Å². The lowest BCUT2D eigenvalue weighted by molar-refractivity contribution is 0.383. The highest BCUT2D eigenvalue weighted by molar-refractivity contribution is 9.10.